The summed E-state index contributed by atoms with van der Waals surface area (Å²) in [4.78, 5) is 5.37. The first-order valence-corrected chi connectivity index (χ1v) is 19.5. The van der Waals surface area contributed by atoms with E-state index >= 15 is 0 Å². The van der Waals surface area contributed by atoms with Gasteiger partial charge in [0.2, 0.25) is 0 Å². The van der Waals surface area contributed by atoms with Gasteiger partial charge in [0.1, 0.15) is 0 Å². The summed E-state index contributed by atoms with van der Waals surface area (Å²) in [6.07, 6.45) is 6.68. The summed E-state index contributed by atoms with van der Waals surface area (Å²) < 4.78 is 2.46. The molecule has 4 nitrogen and oxygen atoms in total. The number of nitrogens with one attached hydrogen (secondary N) is 2. The van der Waals surface area contributed by atoms with Crippen molar-refractivity contribution < 1.29 is 0 Å². The van der Waals surface area contributed by atoms with Gasteiger partial charge in [0.25, 0.3) is 0 Å². The average Bonchev–Trinajstić information content (AvgIpc) is 3.60. The van der Waals surface area contributed by atoms with Gasteiger partial charge in [-0.2, -0.15) is 0 Å². The molecule has 0 spiro atoms. The minimum Gasteiger partial charge on any atom is -0.371 e. The Labute approximate surface area is 326 Å². The van der Waals surface area contributed by atoms with Crippen LogP contribution in [0.25, 0.3) is 55.3 Å². The molecule has 8 aromatic carbocycles. The third kappa shape index (κ3) is 5.41. The minimum absolute atomic E-state index is 0.141. The summed E-state index contributed by atoms with van der Waals surface area (Å²) in [5.41, 5.74) is 14.9. The zero-order valence-corrected chi connectivity index (χ0v) is 30.8. The standard InChI is InChI=1S/C52H38N4/c1-2-16-39(17-3-1)56-48-24-11-8-20-42(48)43-31-27-37(33-49(43)56)52-51(54-45-22-9-10-23-46(45)55-52)36-25-29-38(30-26-36)53-47-32-28-35-14-5-7-19-41(35)50(47)44-21-12-15-34-13-4-6-18-40(34)44/h1-10,12-23,25-33,51,53-54H,11,24H2. The van der Waals surface area contributed by atoms with Crippen LogP contribution in [0.2, 0.25) is 0 Å². The summed E-state index contributed by atoms with van der Waals surface area (Å²) in [5.74, 6) is 0. The fourth-order valence-corrected chi connectivity index (χ4v) is 8.86. The Hall–Kier alpha value is -7.17. The first kappa shape index (κ1) is 32.3. The van der Waals surface area contributed by atoms with Crippen LogP contribution < -0.4 is 10.6 Å². The van der Waals surface area contributed by atoms with E-state index < -0.39 is 0 Å². The van der Waals surface area contributed by atoms with Crippen LogP contribution in [0.5, 0.6) is 0 Å². The molecule has 0 fully saturated rings. The number of para-hydroxylation sites is 3. The average molecular weight is 719 g/mol. The molecular weight excluding hydrogens is 681 g/mol. The van der Waals surface area contributed by atoms with Crippen molar-refractivity contribution in [2.45, 2.75) is 18.9 Å². The number of allylic oxidation sites excluding steroid dienone is 1. The van der Waals surface area contributed by atoms with Crippen molar-refractivity contribution in [3.63, 3.8) is 0 Å². The molecule has 2 aliphatic rings. The Balaban J connectivity index is 0.994. The van der Waals surface area contributed by atoms with Crippen molar-refractivity contribution in [1.29, 1.82) is 0 Å². The van der Waals surface area contributed by atoms with Gasteiger partial charge in [-0.1, -0.05) is 140 Å². The molecule has 9 aromatic rings. The second kappa shape index (κ2) is 13.3. The number of hydrogen-bond donors (Lipinski definition) is 2. The van der Waals surface area contributed by atoms with E-state index in [9.17, 15) is 0 Å². The molecular formula is C52H38N4. The Morgan fingerprint density at radius 2 is 1.38 bits per heavy atom. The quantitative estimate of drug-likeness (QED) is 0.180. The van der Waals surface area contributed by atoms with E-state index in [1.807, 2.05) is 0 Å². The number of fused-ring (bicyclic) bond motifs is 6. The summed E-state index contributed by atoms with van der Waals surface area (Å²) in [7, 11) is 0. The number of aromatic nitrogens is 1. The highest BCUT2D eigenvalue weighted by Crippen LogP contribution is 2.42. The normalized spacial score (nSPS) is 14.6. The van der Waals surface area contributed by atoms with Gasteiger partial charge in [-0.25, -0.2) is 4.99 Å². The second-order valence-corrected chi connectivity index (χ2v) is 14.8. The lowest BCUT2D eigenvalue weighted by Gasteiger charge is -2.28. The molecule has 2 heterocycles. The first-order valence-electron chi connectivity index (χ1n) is 19.5. The summed E-state index contributed by atoms with van der Waals surface area (Å²) >= 11 is 0. The molecule has 0 bridgehead atoms. The smallest absolute Gasteiger partial charge is 0.0947 e. The van der Waals surface area contributed by atoms with Crippen LogP contribution in [0.4, 0.5) is 22.7 Å². The predicted octanol–water partition coefficient (Wildman–Crippen LogP) is 13.6. The van der Waals surface area contributed by atoms with Crippen LogP contribution in [0, 0.1) is 0 Å². The molecule has 2 N–H and O–H groups in total. The highest BCUT2D eigenvalue weighted by Gasteiger charge is 2.27. The lowest BCUT2D eigenvalue weighted by molar-refractivity contribution is 0.888. The molecule has 1 unspecified atom stereocenters. The van der Waals surface area contributed by atoms with Gasteiger partial charge in [-0.15, -0.1) is 0 Å². The van der Waals surface area contributed by atoms with Crippen LogP contribution in [-0.4, -0.2) is 10.3 Å². The summed E-state index contributed by atoms with van der Waals surface area (Å²) in [5, 5.41) is 13.9. The van der Waals surface area contributed by atoms with Gasteiger partial charge in [0, 0.05) is 44.8 Å². The molecule has 0 amide bonds. The van der Waals surface area contributed by atoms with Crippen molar-refractivity contribution >= 4 is 67.0 Å². The fraction of sp³-hybridized carbons (Fsp3) is 0.0577. The molecule has 1 aromatic heterocycles. The molecule has 0 radical (unpaired) electrons. The lowest BCUT2D eigenvalue weighted by Crippen LogP contribution is -2.25. The van der Waals surface area contributed by atoms with E-state index in [1.165, 1.54) is 60.5 Å². The summed E-state index contributed by atoms with van der Waals surface area (Å²) in [6.45, 7) is 0. The molecule has 4 heteroatoms. The number of nitrogens with zero attached hydrogens (tertiary/aromatic N) is 2. The third-order valence-electron chi connectivity index (χ3n) is 11.5. The van der Waals surface area contributed by atoms with E-state index in [4.69, 9.17) is 4.99 Å². The van der Waals surface area contributed by atoms with Crippen LogP contribution in [-0.2, 0) is 6.42 Å². The fourth-order valence-electron chi connectivity index (χ4n) is 8.86. The number of aliphatic imine (C=N–C) groups is 1. The van der Waals surface area contributed by atoms with Gasteiger partial charge in [0.15, 0.2) is 0 Å². The van der Waals surface area contributed by atoms with E-state index in [0.717, 1.165) is 52.4 Å². The molecule has 1 atom stereocenters. The van der Waals surface area contributed by atoms with Crippen LogP contribution >= 0.6 is 0 Å². The van der Waals surface area contributed by atoms with Crippen LogP contribution in [0.3, 0.4) is 0 Å². The predicted molar refractivity (Wildman–Crippen MR) is 236 cm³/mol. The number of hydrogen-bond acceptors (Lipinski definition) is 3. The van der Waals surface area contributed by atoms with Crippen molar-refractivity contribution in [2.24, 2.45) is 4.99 Å². The van der Waals surface area contributed by atoms with Gasteiger partial charge >= 0.3 is 0 Å². The van der Waals surface area contributed by atoms with E-state index in [1.54, 1.807) is 0 Å². The molecule has 56 heavy (non-hydrogen) atoms. The van der Waals surface area contributed by atoms with Crippen molar-refractivity contribution in [3.8, 4) is 16.8 Å². The molecule has 1 aliphatic carbocycles. The van der Waals surface area contributed by atoms with E-state index in [2.05, 4.69) is 203 Å². The van der Waals surface area contributed by atoms with E-state index in [-0.39, 0.29) is 6.04 Å². The summed E-state index contributed by atoms with van der Waals surface area (Å²) in [6, 6.07) is 63.1. The first-order chi connectivity index (χ1) is 27.8. The highest BCUT2D eigenvalue weighted by molar-refractivity contribution is 6.13. The number of anilines is 3. The highest BCUT2D eigenvalue weighted by atomic mass is 15.0. The van der Waals surface area contributed by atoms with Gasteiger partial charge in [0.05, 0.1) is 28.6 Å². The Bertz CT molecular complexity index is 3020. The molecule has 0 saturated carbocycles. The van der Waals surface area contributed by atoms with Crippen molar-refractivity contribution in [3.05, 3.63) is 204 Å². The van der Waals surface area contributed by atoms with Crippen LogP contribution in [0.15, 0.2) is 187 Å². The minimum atomic E-state index is -0.141. The maximum absolute atomic E-state index is 5.37. The zero-order chi connectivity index (χ0) is 37.0. The Morgan fingerprint density at radius 3 is 2.25 bits per heavy atom. The maximum Gasteiger partial charge on any atom is 0.0947 e. The number of benzene rings is 8. The Kier molecular flexibility index (Phi) is 7.66. The topological polar surface area (TPSA) is 41.4 Å². The SMILES string of the molecule is C1=Cc2c(n(-c3ccccc3)c3cc(C4=Nc5ccccc5NC4c4ccc(Nc5ccc6ccccc6c5-c5cccc6ccccc56)cc4)ccc23)CC1. The van der Waals surface area contributed by atoms with Crippen molar-refractivity contribution in [1.82, 2.24) is 4.57 Å². The largest absolute Gasteiger partial charge is 0.371 e. The monoisotopic (exact) mass is 718 g/mol. The number of rotatable bonds is 6. The Morgan fingerprint density at radius 1 is 0.625 bits per heavy atom. The second-order valence-electron chi connectivity index (χ2n) is 14.8. The van der Waals surface area contributed by atoms with E-state index in [0.29, 0.717) is 0 Å². The van der Waals surface area contributed by atoms with Gasteiger partial charge < -0.3 is 15.2 Å². The molecule has 0 saturated heterocycles. The lowest BCUT2D eigenvalue weighted by atomic mass is 9.92. The molecule has 1 aliphatic heterocycles. The maximum atomic E-state index is 5.37. The molecule has 11 rings (SSSR count). The van der Waals surface area contributed by atoms with Crippen LogP contribution in [0.1, 0.15) is 34.8 Å². The van der Waals surface area contributed by atoms with Gasteiger partial charge in [-0.05, 0) is 94.0 Å². The molecule has 266 valence electrons. The van der Waals surface area contributed by atoms with Gasteiger partial charge in [-0.3, -0.25) is 0 Å². The van der Waals surface area contributed by atoms with Crippen molar-refractivity contribution in [2.75, 3.05) is 10.6 Å². The zero-order valence-electron chi connectivity index (χ0n) is 30.8. The third-order valence-corrected chi connectivity index (χ3v) is 11.5.